The first-order valence-electron chi connectivity index (χ1n) is 11.8. The lowest BCUT2D eigenvalue weighted by Crippen LogP contribution is -2.44. The summed E-state index contributed by atoms with van der Waals surface area (Å²) in [6.45, 7) is 10.9. The molecule has 2 heterocycles. The normalized spacial score (nSPS) is 27.2. The molecule has 170 valence electrons. The van der Waals surface area contributed by atoms with Crippen molar-refractivity contribution in [2.75, 3.05) is 39.3 Å². The monoisotopic (exact) mass is 428 g/mol. The molecule has 2 aliphatic heterocycles. The molecule has 5 heteroatoms. The van der Waals surface area contributed by atoms with E-state index in [-0.39, 0.29) is 12.0 Å². The molecule has 1 aromatic rings. The molecular formula is C26H37FN2O2. The smallest absolute Gasteiger partial charge is 0.118 e. The first-order chi connectivity index (χ1) is 14.8. The molecule has 3 aliphatic rings. The van der Waals surface area contributed by atoms with Gasteiger partial charge in [0.15, 0.2) is 0 Å². The van der Waals surface area contributed by atoms with Crippen LogP contribution in [0, 0.1) is 11.8 Å². The predicted molar refractivity (Wildman–Crippen MR) is 123 cm³/mol. The number of phenols is 1. The van der Waals surface area contributed by atoms with Crippen LogP contribution in [-0.2, 0) is 11.2 Å². The van der Waals surface area contributed by atoms with E-state index >= 15 is 0 Å². The van der Waals surface area contributed by atoms with E-state index in [0.717, 1.165) is 44.2 Å². The van der Waals surface area contributed by atoms with Crippen LogP contribution in [0.2, 0.25) is 0 Å². The van der Waals surface area contributed by atoms with Gasteiger partial charge in [-0.1, -0.05) is 19.1 Å². The molecule has 1 aliphatic carbocycles. The summed E-state index contributed by atoms with van der Waals surface area (Å²) in [7, 11) is 0. The molecule has 1 N–H and O–H groups in total. The minimum Gasteiger partial charge on any atom is -0.508 e. The van der Waals surface area contributed by atoms with Gasteiger partial charge in [-0.15, -0.1) is 0 Å². The Hall–Kier alpha value is -1.85. The van der Waals surface area contributed by atoms with Crippen molar-refractivity contribution in [3.05, 3.63) is 53.3 Å². The van der Waals surface area contributed by atoms with E-state index < -0.39 is 5.67 Å². The second-order valence-electron chi connectivity index (χ2n) is 10.2. The summed E-state index contributed by atoms with van der Waals surface area (Å²) in [6.07, 6.45) is 9.51. The number of alkyl halides is 1. The topological polar surface area (TPSA) is 35.9 Å². The summed E-state index contributed by atoms with van der Waals surface area (Å²) in [6, 6.07) is 5.76. The standard InChI is InChI=1S/C26H37FN2O2/c1-19-10-12-28(17-19)14-15-31-23-7-4-20(5-8-23)25-24-9-6-22(30)16-21(24)11-13-29(25)18-26(2,3)27/h4,6-9,16,19-20,25,30H,5,10-15,17-18H2,1-3H3/t19-,20?,25?/m1/s1. The number of halogens is 1. The maximum absolute atomic E-state index is 14.6. The fourth-order valence-electron chi connectivity index (χ4n) is 5.34. The summed E-state index contributed by atoms with van der Waals surface area (Å²) in [5, 5.41) is 9.93. The fraction of sp³-hybridized carbons (Fsp3) is 0.615. The number of phenolic OH excluding ortho intramolecular Hbond substituents is 1. The number of aromatic hydroxyl groups is 1. The summed E-state index contributed by atoms with van der Waals surface area (Å²) in [4.78, 5) is 4.76. The lowest BCUT2D eigenvalue weighted by Gasteiger charge is -2.43. The van der Waals surface area contributed by atoms with Crippen LogP contribution in [0.1, 0.15) is 50.8 Å². The van der Waals surface area contributed by atoms with Crippen molar-refractivity contribution < 1.29 is 14.2 Å². The SMILES string of the molecule is C[C@@H]1CCN(CCOC2=CCC(C3c4ccc(O)cc4CCN3CC(C)(C)F)C=C2)C1. The van der Waals surface area contributed by atoms with Crippen molar-refractivity contribution in [2.24, 2.45) is 11.8 Å². The Bertz CT molecular complexity index is 829. The molecule has 1 fully saturated rings. The van der Waals surface area contributed by atoms with E-state index in [2.05, 4.69) is 35.0 Å². The molecule has 0 aromatic heterocycles. The Labute approximate surface area is 186 Å². The third-order valence-corrected chi connectivity index (χ3v) is 6.77. The number of allylic oxidation sites excluding steroid dienone is 2. The van der Waals surface area contributed by atoms with Crippen molar-refractivity contribution in [2.45, 2.75) is 51.7 Å². The van der Waals surface area contributed by atoms with Crippen LogP contribution in [0.15, 0.2) is 42.2 Å². The van der Waals surface area contributed by atoms with Gasteiger partial charge in [0.05, 0.1) is 0 Å². The number of nitrogens with zero attached hydrogens (tertiary/aromatic N) is 2. The Morgan fingerprint density at radius 3 is 2.77 bits per heavy atom. The van der Waals surface area contributed by atoms with Gasteiger partial charge in [-0.3, -0.25) is 9.80 Å². The van der Waals surface area contributed by atoms with Gasteiger partial charge in [-0.05, 0) is 81.0 Å². The number of likely N-dealkylation sites (tertiary alicyclic amines) is 1. The highest BCUT2D eigenvalue weighted by atomic mass is 19.1. The lowest BCUT2D eigenvalue weighted by molar-refractivity contribution is 0.0692. The Morgan fingerprint density at radius 2 is 2.10 bits per heavy atom. The zero-order valence-electron chi connectivity index (χ0n) is 19.2. The van der Waals surface area contributed by atoms with Gasteiger partial charge in [-0.25, -0.2) is 4.39 Å². The van der Waals surface area contributed by atoms with Crippen LogP contribution in [0.5, 0.6) is 5.75 Å². The van der Waals surface area contributed by atoms with Gasteiger partial charge >= 0.3 is 0 Å². The average Bonchev–Trinajstić information content (AvgIpc) is 3.12. The Morgan fingerprint density at radius 1 is 1.26 bits per heavy atom. The van der Waals surface area contributed by atoms with Crippen molar-refractivity contribution in [1.29, 1.82) is 0 Å². The summed E-state index contributed by atoms with van der Waals surface area (Å²) in [5.41, 5.74) is 1.14. The fourth-order valence-corrected chi connectivity index (χ4v) is 5.34. The van der Waals surface area contributed by atoms with E-state index in [1.165, 1.54) is 30.6 Å². The average molecular weight is 429 g/mol. The van der Waals surface area contributed by atoms with Gasteiger partial charge in [0, 0.05) is 38.1 Å². The molecule has 0 bridgehead atoms. The highest BCUT2D eigenvalue weighted by molar-refractivity contribution is 5.40. The molecule has 0 amide bonds. The van der Waals surface area contributed by atoms with Crippen LogP contribution in [0.3, 0.4) is 0 Å². The number of ether oxygens (including phenoxy) is 1. The molecule has 2 unspecified atom stereocenters. The first kappa shape index (κ1) is 22.3. The lowest BCUT2D eigenvalue weighted by atomic mass is 9.81. The second-order valence-corrected chi connectivity index (χ2v) is 10.2. The third kappa shape index (κ3) is 5.69. The van der Waals surface area contributed by atoms with Crippen LogP contribution < -0.4 is 0 Å². The van der Waals surface area contributed by atoms with Crippen LogP contribution >= 0.6 is 0 Å². The highest BCUT2D eigenvalue weighted by Crippen LogP contribution is 2.41. The van der Waals surface area contributed by atoms with Crippen molar-refractivity contribution in [1.82, 2.24) is 9.80 Å². The maximum atomic E-state index is 14.6. The van der Waals surface area contributed by atoms with Gasteiger partial charge in [0.25, 0.3) is 0 Å². The van der Waals surface area contributed by atoms with Crippen molar-refractivity contribution in [3.63, 3.8) is 0 Å². The van der Waals surface area contributed by atoms with Gasteiger partial charge < -0.3 is 9.84 Å². The molecular weight excluding hydrogens is 391 g/mol. The molecule has 0 spiro atoms. The van der Waals surface area contributed by atoms with Gasteiger partial charge in [-0.2, -0.15) is 0 Å². The Balaban J connectivity index is 1.41. The molecule has 1 aromatic carbocycles. The largest absolute Gasteiger partial charge is 0.508 e. The van der Waals surface area contributed by atoms with E-state index in [9.17, 15) is 9.50 Å². The number of fused-ring (bicyclic) bond motifs is 1. The van der Waals surface area contributed by atoms with Crippen LogP contribution in [0.25, 0.3) is 0 Å². The third-order valence-electron chi connectivity index (χ3n) is 6.77. The maximum Gasteiger partial charge on any atom is 0.118 e. The van der Waals surface area contributed by atoms with E-state index in [1.54, 1.807) is 19.9 Å². The van der Waals surface area contributed by atoms with Gasteiger partial charge in [0.2, 0.25) is 0 Å². The minimum absolute atomic E-state index is 0.111. The van der Waals surface area contributed by atoms with Crippen molar-refractivity contribution >= 4 is 0 Å². The van der Waals surface area contributed by atoms with E-state index in [0.29, 0.717) is 12.3 Å². The van der Waals surface area contributed by atoms with E-state index in [4.69, 9.17) is 4.74 Å². The summed E-state index contributed by atoms with van der Waals surface area (Å²) >= 11 is 0. The molecule has 0 radical (unpaired) electrons. The van der Waals surface area contributed by atoms with Crippen LogP contribution in [-0.4, -0.2) is 59.9 Å². The van der Waals surface area contributed by atoms with E-state index in [1.807, 2.05) is 12.1 Å². The minimum atomic E-state index is -1.25. The summed E-state index contributed by atoms with van der Waals surface area (Å²) in [5.74, 6) is 2.31. The molecule has 4 nitrogen and oxygen atoms in total. The molecule has 0 saturated carbocycles. The predicted octanol–water partition coefficient (Wildman–Crippen LogP) is 4.86. The van der Waals surface area contributed by atoms with Crippen LogP contribution in [0.4, 0.5) is 4.39 Å². The second kappa shape index (κ2) is 9.33. The van der Waals surface area contributed by atoms with Gasteiger partial charge in [0.1, 0.15) is 23.8 Å². The highest BCUT2D eigenvalue weighted by Gasteiger charge is 2.36. The first-order valence-corrected chi connectivity index (χ1v) is 11.8. The zero-order valence-corrected chi connectivity index (χ0v) is 19.2. The number of rotatable bonds is 7. The van der Waals surface area contributed by atoms with Crippen molar-refractivity contribution in [3.8, 4) is 5.75 Å². The number of hydrogen-bond acceptors (Lipinski definition) is 4. The summed E-state index contributed by atoms with van der Waals surface area (Å²) < 4.78 is 20.6. The molecule has 4 rings (SSSR count). The number of hydrogen-bond donors (Lipinski definition) is 1. The zero-order chi connectivity index (χ0) is 22.0. The quantitative estimate of drug-likeness (QED) is 0.673. The Kier molecular flexibility index (Phi) is 6.73. The number of benzene rings is 1. The molecule has 31 heavy (non-hydrogen) atoms. The molecule has 3 atom stereocenters. The molecule has 1 saturated heterocycles.